The molecular formula is C15H29NO3S. The summed E-state index contributed by atoms with van der Waals surface area (Å²) < 4.78 is 28.4. The summed E-state index contributed by atoms with van der Waals surface area (Å²) in [7, 11) is -0.684. The Morgan fingerprint density at radius 3 is 2.50 bits per heavy atom. The summed E-state index contributed by atoms with van der Waals surface area (Å²) >= 11 is 0. The van der Waals surface area contributed by atoms with Crippen LogP contribution in [0, 0.1) is 5.41 Å². The third-order valence-corrected chi connectivity index (χ3v) is 6.23. The van der Waals surface area contributed by atoms with Crippen molar-refractivity contribution >= 4 is 9.84 Å². The van der Waals surface area contributed by atoms with Crippen molar-refractivity contribution in [1.29, 1.82) is 0 Å². The fraction of sp³-hybridized carbons (Fsp3) is 1.00. The zero-order valence-electron chi connectivity index (χ0n) is 13.1. The Morgan fingerprint density at radius 2 is 1.95 bits per heavy atom. The van der Waals surface area contributed by atoms with Crippen molar-refractivity contribution in [1.82, 2.24) is 4.90 Å². The Labute approximate surface area is 123 Å². The molecule has 5 heteroatoms. The van der Waals surface area contributed by atoms with Crippen molar-refractivity contribution in [2.24, 2.45) is 5.41 Å². The van der Waals surface area contributed by atoms with Gasteiger partial charge in [0, 0.05) is 24.3 Å². The van der Waals surface area contributed by atoms with Crippen molar-refractivity contribution in [3.63, 3.8) is 0 Å². The lowest BCUT2D eigenvalue weighted by Gasteiger charge is -2.57. The van der Waals surface area contributed by atoms with Crippen LogP contribution in [0.25, 0.3) is 0 Å². The number of hydrogen-bond acceptors (Lipinski definition) is 4. The van der Waals surface area contributed by atoms with Gasteiger partial charge in [-0.2, -0.15) is 0 Å². The van der Waals surface area contributed by atoms with Crippen LogP contribution >= 0.6 is 0 Å². The molecule has 0 saturated heterocycles. The molecule has 0 aliphatic heterocycles. The summed E-state index contributed by atoms with van der Waals surface area (Å²) in [6, 6.07) is 0.584. The molecule has 2 rings (SSSR count). The van der Waals surface area contributed by atoms with E-state index < -0.39 is 9.84 Å². The van der Waals surface area contributed by atoms with Gasteiger partial charge in [0.05, 0.1) is 11.9 Å². The minimum absolute atomic E-state index is 0.298. The lowest BCUT2D eigenvalue weighted by Crippen LogP contribution is -2.63. The second-order valence-corrected chi connectivity index (χ2v) is 8.86. The second-order valence-electron chi connectivity index (χ2n) is 6.60. The van der Waals surface area contributed by atoms with Gasteiger partial charge >= 0.3 is 0 Å². The van der Waals surface area contributed by atoms with Crippen molar-refractivity contribution in [3.8, 4) is 0 Å². The summed E-state index contributed by atoms with van der Waals surface area (Å²) in [5.41, 5.74) is 0.357. The highest BCUT2D eigenvalue weighted by atomic mass is 32.2. The Hall–Kier alpha value is -0.130. The summed E-state index contributed by atoms with van der Waals surface area (Å²) in [5, 5.41) is 0. The van der Waals surface area contributed by atoms with Gasteiger partial charge in [-0.05, 0) is 46.2 Å². The topological polar surface area (TPSA) is 46.6 Å². The minimum atomic E-state index is -2.83. The molecule has 1 spiro atoms. The highest BCUT2D eigenvalue weighted by Crippen LogP contribution is 2.56. The molecule has 0 N–H and O–H groups in total. The van der Waals surface area contributed by atoms with E-state index in [1.807, 2.05) is 0 Å². The van der Waals surface area contributed by atoms with Crippen LogP contribution < -0.4 is 0 Å². The lowest BCUT2D eigenvalue weighted by atomic mass is 9.60. The van der Waals surface area contributed by atoms with Crippen molar-refractivity contribution < 1.29 is 13.2 Å². The SMILES string of the molecule is CCO[C@@H]1C[C@H](N(C)CCCS(C)(=O)=O)C12CCCC2. The van der Waals surface area contributed by atoms with Crippen LogP contribution in [0.15, 0.2) is 0 Å². The molecule has 0 aromatic heterocycles. The van der Waals surface area contributed by atoms with Crippen LogP contribution in [0.1, 0.15) is 45.4 Å². The fourth-order valence-electron chi connectivity index (χ4n) is 4.20. The van der Waals surface area contributed by atoms with E-state index in [0.29, 0.717) is 23.3 Å². The molecule has 20 heavy (non-hydrogen) atoms. The van der Waals surface area contributed by atoms with Crippen molar-refractivity contribution in [2.45, 2.75) is 57.6 Å². The summed E-state index contributed by atoms with van der Waals surface area (Å²) in [6.07, 6.45) is 8.79. The summed E-state index contributed by atoms with van der Waals surface area (Å²) in [4.78, 5) is 2.38. The maximum Gasteiger partial charge on any atom is 0.147 e. The number of ether oxygens (including phenoxy) is 1. The highest BCUT2D eigenvalue weighted by molar-refractivity contribution is 7.90. The largest absolute Gasteiger partial charge is 0.378 e. The molecule has 0 amide bonds. The quantitative estimate of drug-likeness (QED) is 0.722. The van der Waals surface area contributed by atoms with Crippen LogP contribution in [0.3, 0.4) is 0 Å². The number of hydrogen-bond donors (Lipinski definition) is 0. The van der Waals surface area contributed by atoms with Gasteiger partial charge in [-0.1, -0.05) is 12.8 Å². The second kappa shape index (κ2) is 6.32. The van der Waals surface area contributed by atoms with E-state index in [2.05, 4.69) is 18.9 Å². The van der Waals surface area contributed by atoms with Crippen LogP contribution in [0.4, 0.5) is 0 Å². The van der Waals surface area contributed by atoms with Gasteiger partial charge in [0.25, 0.3) is 0 Å². The number of rotatable bonds is 7. The Kier molecular flexibility index (Phi) is 5.14. The van der Waals surface area contributed by atoms with E-state index in [0.717, 1.165) is 26.0 Å². The molecule has 2 aliphatic carbocycles. The van der Waals surface area contributed by atoms with Gasteiger partial charge in [-0.25, -0.2) is 8.42 Å². The zero-order chi connectivity index (χ0) is 14.8. The Morgan fingerprint density at radius 1 is 1.30 bits per heavy atom. The molecule has 0 aromatic rings. The molecule has 0 heterocycles. The molecule has 2 atom stereocenters. The van der Waals surface area contributed by atoms with Crippen LogP contribution in [0.2, 0.25) is 0 Å². The monoisotopic (exact) mass is 303 g/mol. The highest BCUT2D eigenvalue weighted by Gasteiger charge is 2.57. The maximum atomic E-state index is 11.2. The van der Waals surface area contributed by atoms with Crippen LogP contribution in [-0.2, 0) is 14.6 Å². The van der Waals surface area contributed by atoms with Gasteiger partial charge in [0.1, 0.15) is 9.84 Å². The Bertz CT molecular complexity index is 415. The van der Waals surface area contributed by atoms with E-state index >= 15 is 0 Å². The third-order valence-electron chi connectivity index (χ3n) is 5.20. The predicted molar refractivity (Wildman–Crippen MR) is 81.7 cm³/mol. The fourth-order valence-corrected chi connectivity index (χ4v) is 4.85. The summed E-state index contributed by atoms with van der Waals surface area (Å²) in [5.74, 6) is 0.298. The van der Waals surface area contributed by atoms with E-state index in [9.17, 15) is 8.42 Å². The first-order valence-electron chi connectivity index (χ1n) is 7.88. The molecule has 0 bridgehead atoms. The zero-order valence-corrected chi connectivity index (χ0v) is 13.9. The first-order chi connectivity index (χ1) is 9.39. The van der Waals surface area contributed by atoms with E-state index in [-0.39, 0.29) is 0 Å². The minimum Gasteiger partial charge on any atom is -0.378 e. The molecule has 0 unspecified atom stereocenters. The smallest absolute Gasteiger partial charge is 0.147 e. The average molecular weight is 303 g/mol. The Balaban J connectivity index is 1.88. The van der Waals surface area contributed by atoms with Gasteiger partial charge < -0.3 is 9.64 Å². The lowest BCUT2D eigenvalue weighted by molar-refractivity contribution is -0.160. The molecule has 0 radical (unpaired) electrons. The molecule has 2 saturated carbocycles. The van der Waals surface area contributed by atoms with Crippen LogP contribution in [0.5, 0.6) is 0 Å². The maximum absolute atomic E-state index is 11.2. The molecule has 2 aliphatic rings. The van der Waals surface area contributed by atoms with Crippen LogP contribution in [-0.4, -0.2) is 57.7 Å². The average Bonchev–Trinajstić information content (AvgIpc) is 2.84. The van der Waals surface area contributed by atoms with Gasteiger partial charge in [-0.3, -0.25) is 0 Å². The number of nitrogens with zero attached hydrogens (tertiary/aromatic N) is 1. The van der Waals surface area contributed by atoms with Gasteiger partial charge in [0.2, 0.25) is 0 Å². The first kappa shape index (κ1) is 16.2. The molecule has 2 fully saturated rings. The van der Waals surface area contributed by atoms with Crippen molar-refractivity contribution in [2.75, 3.05) is 32.2 Å². The number of sulfone groups is 1. The predicted octanol–water partition coefficient (Wildman–Crippen LogP) is 2.09. The van der Waals surface area contributed by atoms with Crippen molar-refractivity contribution in [3.05, 3.63) is 0 Å². The standard InChI is InChI=1S/C15H29NO3S/c1-4-19-14-12-13(15(14)8-5-6-9-15)16(2)10-7-11-20(3,17)18/h13-14H,4-12H2,1-3H3/t13-,14+/m0/s1. The normalized spacial score (nSPS) is 29.0. The van der Waals surface area contributed by atoms with Gasteiger partial charge in [-0.15, -0.1) is 0 Å². The molecule has 118 valence electrons. The van der Waals surface area contributed by atoms with E-state index in [1.54, 1.807) is 0 Å². The first-order valence-corrected chi connectivity index (χ1v) is 9.94. The molecular weight excluding hydrogens is 274 g/mol. The molecule has 0 aromatic carbocycles. The third kappa shape index (κ3) is 3.37. The molecule has 4 nitrogen and oxygen atoms in total. The van der Waals surface area contributed by atoms with E-state index in [1.165, 1.54) is 31.9 Å². The van der Waals surface area contributed by atoms with E-state index in [4.69, 9.17) is 4.74 Å². The summed E-state index contributed by atoms with van der Waals surface area (Å²) in [6.45, 7) is 3.75. The van der Waals surface area contributed by atoms with Gasteiger partial charge in [0.15, 0.2) is 0 Å².